The number of nitrogens with zero attached hydrogens (tertiary/aromatic N) is 1. The summed E-state index contributed by atoms with van der Waals surface area (Å²) in [5.41, 5.74) is 1.62. The van der Waals surface area contributed by atoms with Gasteiger partial charge in [0, 0.05) is 34.0 Å². The highest BCUT2D eigenvalue weighted by Crippen LogP contribution is 2.35. The number of hydrogen-bond acceptors (Lipinski definition) is 3. The molecule has 5 nitrogen and oxygen atoms in total. The van der Waals surface area contributed by atoms with E-state index in [4.69, 9.17) is 0 Å². The fourth-order valence-corrected chi connectivity index (χ4v) is 3.74. The van der Waals surface area contributed by atoms with Crippen LogP contribution in [0.4, 0.5) is 5.69 Å². The van der Waals surface area contributed by atoms with Crippen LogP contribution in [0.3, 0.4) is 0 Å². The molecule has 5 heteroatoms. The Morgan fingerprint density at radius 2 is 1.92 bits per heavy atom. The molecule has 1 fully saturated rings. The average molecular weight is 338 g/mol. The number of carbonyl (C=O) groups excluding carboxylic acids is 1. The molecule has 0 aliphatic heterocycles. The summed E-state index contributed by atoms with van der Waals surface area (Å²) in [5, 5.41) is 25.2. The third-order valence-electron chi connectivity index (χ3n) is 5.33. The largest absolute Gasteiger partial charge is 0.387 e. The van der Waals surface area contributed by atoms with Crippen LogP contribution >= 0.6 is 0 Å². The zero-order valence-electron chi connectivity index (χ0n) is 14.2. The first-order chi connectivity index (χ1) is 12.0. The summed E-state index contributed by atoms with van der Waals surface area (Å²) < 4.78 is 2.24. The number of hydrogen-bond donors (Lipinski definition) is 3. The van der Waals surface area contributed by atoms with Crippen molar-refractivity contribution in [3.05, 3.63) is 42.5 Å². The number of aryl methyl sites for hydroxylation is 1. The van der Waals surface area contributed by atoms with Gasteiger partial charge in [-0.25, -0.2) is 0 Å². The van der Waals surface area contributed by atoms with Crippen molar-refractivity contribution in [3.63, 3.8) is 0 Å². The third-order valence-corrected chi connectivity index (χ3v) is 5.33. The molecule has 1 aliphatic carbocycles. The van der Waals surface area contributed by atoms with Crippen molar-refractivity contribution in [1.29, 1.82) is 0 Å². The Bertz CT molecular complexity index is 956. The Hall–Kier alpha value is -2.37. The van der Waals surface area contributed by atoms with Crippen LogP contribution in [0, 0.1) is 0 Å². The number of anilines is 1. The molecule has 1 unspecified atom stereocenters. The lowest BCUT2D eigenvalue weighted by atomic mass is 9.76. The van der Waals surface area contributed by atoms with E-state index < -0.39 is 17.6 Å². The number of fused-ring (bicyclic) bond motifs is 3. The van der Waals surface area contributed by atoms with E-state index in [0.29, 0.717) is 18.5 Å². The molecule has 0 radical (unpaired) electrons. The first-order valence-corrected chi connectivity index (χ1v) is 8.76. The smallest absolute Gasteiger partial charge is 0.256 e. The van der Waals surface area contributed by atoms with Gasteiger partial charge in [0.25, 0.3) is 5.91 Å². The second-order valence-corrected chi connectivity index (χ2v) is 6.84. The Morgan fingerprint density at radius 3 is 2.60 bits per heavy atom. The van der Waals surface area contributed by atoms with Gasteiger partial charge in [0.05, 0.1) is 5.60 Å². The number of carbonyl (C=O) groups is 1. The summed E-state index contributed by atoms with van der Waals surface area (Å²) in [6.07, 6.45) is 0.368. The standard InChI is InChI=1S/C20H22N2O3/c1-2-22-16-7-4-3-6-14(16)15-12-13(8-9-17(15)22)21-19(24)18(23)20(25)10-5-11-20/h3-4,6-9,12,18,23,25H,2,5,10-11H2,1H3,(H,21,24). The molecule has 1 amide bonds. The van der Waals surface area contributed by atoms with Crippen LogP contribution in [-0.2, 0) is 11.3 Å². The van der Waals surface area contributed by atoms with Crippen LogP contribution < -0.4 is 5.32 Å². The molecule has 0 saturated heterocycles. The topological polar surface area (TPSA) is 74.5 Å². The lowest BCUT2D eigenvalue weighted by molar-refractivity contribution is -0.154. The molecule has 2 aromatic carbocycles. The molecule has 1 saturated carbocycles. The molecule has 1 aliphatic rings. The fourth-order valence-electron chi connectivity index (χ4n) is 3.74. The van der Waals surface area contributed by atoms with Crippen molar-refractivity contribution in [1.82, 2.24) is 4.57 Å². The summed E-state index contributed by atoms with van der Waals surface area (Å²) in [6.45, 7) is 2.97. The Morgan fingerprint density at radius 1 is 1.20 bits per heavy atom. The van der Waals surface area contributed by atoms with Gasteiger partial charge < -0.3 is 20.1 Å². The predicted octanol–water partition coefficient (Wildman–Crippen LogP) is 3.03. The van der Waals surface area contributed by atoms with E-state index in [9.17, 15) is 15.0 Å². The maximum Gasteiger partial charge on any atom is 0.256 e. The van der Waals surface area contributed by atoms with Gasteiger partial charge in [-0.1, -0.05) is 18.2 Å². The van der Waals surface area contributed by atoms with Crippen molar-refractivity contribution < 1.29 is 15.0 Å². The third kappa shape index (κ3) is 2.51. The number of para-hydroxylation sites is 1. The Labute approximate surface area is 145 Å². The Balaban J connectivity index is 1.69. The predicted molar refractivity (Wildman–Crippen MR) is 98.6 cm³/mol. The van der Waals surface area contributed by atoms with Gasteiger partial charge in [-0.15, -0.1) is 0 Å². The van der Waals surface area contributed by atoms with E-state index in [1.807, 2.05) is 30.3 Å². The Kier molecular flexibility index (Phi) is 3.78. The van der Waals surface area contributed by atoms with Gasteiger partial charge in [0.2, 0.25) is 0 Å². The first kappa shape index (κ1) is 16.1. The molecule has 3 aromatic rings. The SMILES string of the molecule is CCn1c2ccccc2c2cc(NC(=O)C(O)C3(O)CCC3)ccc21. The van der Waals surface area contributed by atoms with Gasteiger partial charge in [-0.3, -0.25) is 4.79 Å². The van der Waals surface area contributed by atoms with Crippen LogP contribution in [0.15, 0.2) is 42.5 Å². The lowest BCUT2D eigenvalue weighted by Gasteiger charge is -2.39. The van der Waals surface area contributed by atoms with Crippen molar-refractivity contribution in [2.45, 2.75) is 44.4 Å². The molecule has 25 heavy (non-hydrogen) atoms. The molecule has 1 atom stereocenters. The van der Waals surface area contributed by atoms with Crippen LogP contribution in [-0.4, -0.2) is 32.4 Å². The zero-order chi connectivity index (χ0) is 17.6. The molecular weight excluding hydrogens is 316 g/mol. The molecule has 3 N–H and O–H groups in total. The highest BCUT2D eigenvalue weighted by Gasteiger charge is 2.45. The average Bonchev–Trinajstić information content (AvgIpc) is 2.92. The van der Waals surface area contributed by atoms with Gasteiger partial charge >= 0.3 is 0 Å². The van der Waals surface area contributed by atoms with Gasteiger partial charge in [0.15, 0.2) is 6.10 Å². The summed E-state index contributed by atoms with van der Waals surface area (Å²) >= 11 is 0. The summed E-state index contributed by atoms with van der Waals surface area (Å²) in [7, 11) is 0. The van der Waals surface area contributed by atoms with E-state index >= 15 is 0 Å². The van der Waals surface area contributed by atoms with E-state index in [1.54, 1.807) is 0 Å². The molecule has 4 rings (SSSR count). The number of rotatable bonds is 4. The molecule has 1 aromatic heterocycles. The first-order valence-electron chi connectivity index (χ1n) is 8.76. The van der Waals surface area contributed by atoms with Crippen molar-refractivity contribution in [2.75, 3.05) is 5.32 Å². The summed E-state index contributed by atoms with van der Waals surface area (Å²) in [4.78, 5) is 12.3. The molecule has 0 spiro atoms. The van der Waals surface area contributed by atoms with E-state index in [2.05, 4.69) is 28.9 Å². The number of aliphatic hydroxyl groups is 2. The lowest BCUT2D eigenvalue weighted by Crippen LogP contribution is -2.53. The minimum absolute atomic E-state index is 0.463. The van der Waals surface area contributed by atoms with Crippen LogP contribution in [0.1, 0.15) is 26.2 Å². The second-order valence-electron chi connectivity index (χ2n) is 6.84. The van der Waals surface area contributed by atoms with E-state index in [1.165, 1.54) is 0 Å². The van der Waals surface area contributed by atoms with Crippen LogP contribution in [0.25, 0.3) is 21.8 Å². The van der Waals surface area contributed by atoms with Crippen molar-refractivity contribution >= 4 is 33.4 Å². The minimum atomic E-state index is -1.39. The summed E-state index contributed by atoms with van der Waals surface area (Å²) in [6, 6.07) is 13.9. The zero-order valence-corrected chi connectivity index (χ0v) is 14.2. The fraction of sp³-hybridized carbons (Fsp3) is 0.350. The van der Waals surface area contributed by atoms with Gasteiger partial charge in [-0.2, -0.15) is 0 Å². The number of nitrogens with one attached hydrogen (secondary N) is 1. The number of benzene rings is 2. The number of amides is 1. The van der Waals surface area contributed by atoms with Crippen molar-refractivity contribution in [3.8, 4) is 0 Å². The minimum Gasteiger partial charge on any atom is -0.387 e. The molecule has 0 bridgehead atoms. The summed E-state index contributed by atoms with van der Waals surface area (Å²) in [5.74, 6) is -0.555. The van der Waals surface area contributed by atoms with Crippen LogP contribution in [0.5, 0.6) is 0 Å². The normalized spacial score (nSPS) is 17.4. The quantitative estimate of drug-likeness (QED) is 0.684. The number of aromatic nitrogens is 1. The van der Waals surface area contributed by atoms with Crippen molar-refractivity contribution in [2.24, 2.45) is 0 Å². The van der Waals surface area contributed by atoms with E-state index in [-0.39, 0.29) is 0 Å². The number of aliphatic hydroxyl groups excluding tert-OH is 1. The maximum atomic E-state index is 12.3. The van der Waals surface area contributed by atoms with Gasteiger partial charge in [-0.05, 0) is 50.5 Å². The monoisotopic (exact) mass is 338 g/mol. The van der Waals surface area contributed by atoms with E-state index in [0.717, 1.165) is 34.8 Å². The molecule has 130 valence electrons. The highest BCUT2D eigenvalue weighted by molar-refractivity contribution is 6.10. The van der Waals surface area contributed by atoms with Gasteiger partial charge in [0.1, 0.15) is 0 Å². The van der Waals surface area contributed by atoms with Crippen LogP contribution in [0.2, 0.25) is 0 Å². The molecular formula is C20H22N2O3. The maximum absolute atomic E-state index is 12.3. The second kappa shape index (κ2) is 5.86. The molecule has 1 heterocycles. The highest BCUT2D eigenvalue weighted by atomic mass is 16.4.